The lowest BCUT2D eigenvalue weighted by Crippen LogP contribution is -2.52. The number of carbonyl (C=O) groups excluding carboxylic acids is 2. The molecule has 11 heteroatoms. The summed E-state index contributed by atoms with van der Waals surface area (Å²) in [6, 6.07) is 6.97. The molecule has 0 saturated carbocycles. The number of nitrogens with one attached hydrogen (secondary N) is 1. The Morgan fingerprint density at radius 2 is 1.88 bits per heavy atom. The highest BCUT2D eigenvalue weighted by Crippen LogP contribution is 2.33. The third-order valence-electron chi connectivity index (χ3n) is 5.84. The summed E-state index contributed by atoms with van der Waals surface area (Å²) in [7, 11) is 1.50. The molecule has 2 fully saturated rings. The average molecular weight is 470 g/mol. The van der Waals surface area contributed by atoms with Crippen LogP contribution < -0.4 is 10.2 Å². The Labute approximate surface area is 195 Å². The van der Waals surface area contributed by atoms with Crippen molar-refractivity contribution in [2.24, 2.45) is 0 Å². The number of nitro benzene ring substituents is 1. The van der Waals surface area contributed by atoms with Crippen LogP contribution in [-0.4, -0.2) is 64.7 Å². The topological polar surface area (TPSA) is 110 Å². The molecule has 0 radical (unpaired) electrons. The zero-order chi connectivity index (χ0) is 23.9. The molecule has 0 atom stereocenters. The van der Waals surface area contributed by atoms with Gasteiger partial charge in [0.15, 0.2) is 5.11 Å². The molecule has 10 nitrogen and oxygen atoms in total. The molecule has 0 spiro atoms. The number of likely N-dealkylation sites (N-methyl/N-ethyl adjacent to an activating group) is 1. The second-order valence-corrected chi connectivity index (χ2v) is 8.26. The summed E-state index contributed by atoms with van der Waals surface area (Å²) in [4.78, 5) is 39.5. The maximum Gasteiger partial charge on any atom is 0.294 e. The molecule has 2 saturated heterocycles. The highest BCUT2D eigenvalue weighted by atomic mass is 32.1. The van der Waals surface area contributed by atoms with Gasteiger partial charge in [0.1, 0.15) is 11.3 Å². The van der Waals surface area contributed by atoms with E-state index in [1.54, 1.807) is 12.1 Å². The van der Waals surface area contributed by atoms with Crippen molar-refractivity contribution >= 4 is 46.6 Å². The maximum absolute atomic E-state index is 12.5. The zero-order valence-electron chi connectivity index (χ0n) is 18.5. The van der Waals surface area contributed by atoms with Crippen LogP contribution in [0.2, 0.25) is 0 Å². The van der Waals surface area contributed by atoms with E-state index in [1.807, 2.05) is 35.4 Å². The number of thiocarbonyl (C=S) groups is 1. The van der Waals surface area contributed by atoms with Crippen LogP contribution in [0.1, 0.15) is 17.0 Å². The van der Waals surface area contributed by atoms with Crippen LogP contribution in [0, 0.1) is 24.0 Å². The molecular formula is C22H23N5O5S. The number of anilines is 1. The summed E-state index contributed by atoms with van der Waals surface area (Å²) >= 11 is 4.98. The van der Waals surface area contributed by atoms with Crippen molar-refractivity contribution < 1.29 is 19.2 Å². The molecule has 0 unspecified atom stereocenters. The van der Waals surface area contributed by atoms with Gasteiger partial charge in [0.05, 0.1) is 23.8 Å². The molecule has 172 valence electrons. The van der Waals surface area contributed by atoms with Crippen LogP contribution in [0.25, 0.3) is 11.8 Å². The first-order valence-corrected chi connectivity index (χ1v) is 10.8. The Morgan fingerprint density at radius 3 is 2.55 bits per heavy atom. The first kappa shape index (κ1) is 22.6. The number of carbonyl (C=O) groups is 2. The van der Waals surface area contributed by atoms with Crippen LogP contribution in [0.4, 0.5) is 11.4 Å². The van der Waals surface area contributed by atoms with Gasteiger partial charge in [-0.2, -0.15) is 0 Å². The lowest BCUT2D eigenvalue weighted by Gasteiger charge is -2.28. The smallest absolute Gasteiger partial charge is 0.294 e. The van der Waals surface area contributed by atoms with E-state index in [0.29, 0.717) is 43.2 Å². The summed E-state index contributed by atoms with van der Waals surface area (Å²) in [5.74, 6) is -1.04. The van der Waals surface area contributed by atoms with Crippen molar-refractivity contribution in [2.45, 2.75) is 13.8 Å². The second kappa shape index (κ2) is 8.75. The van der Waals surface area contributed by atoms with Gasteiger partial charge in [-0.25, -0.2) is 0 Å². The average Bonchev–Trinajstić information content (AvgIpc) is 3.08. The van der Waals surface area contributed by atoms with Gasteiger partial charge in [0.2, 0.25) is 0 Å². The standard InChI is InChI=1S/C22H23N5O5S/c1-13-10-15(11-17-20(28)23-22(33)24(3)21(17)29)14(2)26(13)16-4-5-18(19(12-16)27(30)31)25-6-8-32-9-7-25/h4-5,10-12H,6-9H2,1-3H3,(H,23,28,33). The number of hydrogen-bond donors (Lipinski definition) is 1. The number of amides is 2. The van der Waals surface area contributed by atoms with Crippen molar-refractivity contribution in [3.05, 3.63) is 56.9 Å². The number of morpholine rings is 1. The van der Waals surface area contributed by atoms with Gasteiger partial charge in [-0.3, -0.25) is 29.9 Å². The van der Waals surface area contributed by atoms with Gasteiger partial charge in [-0.15, -0.1) is 0 Å². The van der Waals surface area contributed by atoms with Crippen molar-refractivity contribution in [3.63, 3.8) is 0 Å². The van der Waals surface area contributed by atoms with Crippen molar-refractivity contribution in [3.8, 4) is 5.69 Å². The molecule has 2 aliphatic heterocycles. The van der Waals surface area contributed by atoms with Gasteiger partial charge in [-0.1, -0.05) is 0 Å². The quantitative estimate of drug-likeness (QED) is 0.240. The SMILES string of the molecule is Cc1cc(C=C2C(=O)NC(=S)N(C)C2=O)c(C)n1-c1ccc(N2CCOCC2)c([N+](=O)[O-])c1. The fourth-order valence-electron chi connectivity index (χ4n) is 4.10. The number of ether oxygens (including phenoxy) is 1. The van der Waals surface area contributed by atoms with E-state index in [2.05, 4.69) is 5.32 Å². The summed E-state index contributed by atoms with van der Waals surface area (Å²) in [5, 5.41) is 14.4. The van der Waals surface area contributed by atoms with Crippen LogP contribution in [0.3, 0.4) is 0 Å². The van der Waals surface area contributed by atoms with Gasteiger partial charge in [-0.05, 0) is 55.9 Å². The number of aryl methyl sites for hydroxylation is 1. The highest BCUT2D eigenvalue weighted by molar-refractivity contribution is 7.80. The molecule has 0 aliphatic carbocycles. The number of nitro groups is 1. The monoisotopic (exact) mass is 469 g/mol. The minimum absolute atomic E-state index is 0.0128. The normalized spacial score (nSPS) is 18.2. The Bertz CT molecular complexity index is 1210. The lowest BCUT2D eigenvalue weighted by molar-refractivity contribution is -0.384. The molecule has 0 bridgehead atoms. The van der Waals surface area contributed by atoms with Gasteiger partial charge in [0, 0.05) is 37.6 Å². The van der Waals surface area contributed by atoms with E-state index >= 15 is 0 Å². The van der Waals surface area contributed by atoms with Crippen LogP contribution in [0.5, 0.6) is 0 Å². The highest BCUT2D eigenvalue weighted by Gasteiger charge is 2.31. The summed E-state index contributed by atoms with van der Waals surface area (Å²) in [6.45, 7) is 5.93. The molecule has 3 heterocycles. The summed E-state index contributed by atoms with van der Waals surface area (Å²) < 4.78 is 7.22. The number of benzene rings is 1. The molecule has 1 aromatic carbocycles. The van der Waals surface area contributed by atoms with Crippen molar-refractivity contribution in [2.75, 3.05) is 38.3 Å². The van der Waals surface area contributed by atoms with Gasteiger partial charge < -0.3 is 14.2 Å². The number of nitrogens with zero attached hydrogens (tertiary/aromatic N) is 4. The molecule has 2 aliphatic rings. The van der Waals surface area contributed by atoms with E-state index in [1.165, 1.54) is 18.0 Å². The molecule has 1 aromatic heterocycles. The third kappa shape index (κ3) is 4.12. The van der Waals surface area contributed by atoms with E-state index in [-0.39, 0.29) is 21.3 Å². The Balaban J connectivity index is 1.75. The largest absolute Gasteiger partial charge is 0.378 e. The van der Waals surface area contributed by atoms with Crippen LogP contribution in [0.15, 0.2) is 29.8 Å². The lowest BCUT2D eigenvalue weighted by atomic mass is 10.1. The van der Waals surface area contributed by atoms with E-state index in [4.69, 9.17) is 17.0 Å². The predicted octanol–water partition coefficient (Wildman–Crippen LogP) is 2.10. The minimum atomic E-state index is -0.557. The first-order valence-electron chi connectivity index (χ1n) is 10.3. The number of rotatable bonds is 4. The molecule has 1 N–H and O–H groups in total. The summed E-state index contributed by atoms with van der Waals surface area (Å²) in [5.41, 5.74) is 3.37. The Kier molecular flexibility index (Phi) is 6.00. The fourth-order valence-corrected chi connectivity index (χ4v) is 4.28. The predicted molar refractivity (Wildman–Crippen MR) is 126 cm³/mol. The molecular weight excluding hydrogens is 446 g/mol. The van der Waals surface area contributed by atoms with Crippen LogP contribution >= 0.6 is 12.2 Å². The maximum atomic E-state index is 12.5. The zero-order valence-corrected chi connectivity index (χ0v) is 19.3. The minimum Gasteiger partial charge on any atom is -0.378 e. The molecule has 33 heavy (non-hydrogen) atoms. The molecule has 2 aromatic rings. The molecule has 2 amide bonds. The third-order valence-corrected chi connectivity index (χ3v) is 6.22. The number of aromatic nitrogens is 1. The summed E-state index contributed by atoms with van der Waals surface area (Å²) in [6.07, 6.45) is 1.52. The van der Waals surface area contributed by atoms with Crippen molar-refractivity contribution in [1.29, 1.82) is 0 Å². The number of hydrogen-bond acceptors (Lipinski definition) is 7. The van der Waals surface area contributed by atoms with Crippen molar-refractivity contribution in [1.82, 2.24) is 14.8 Å². The van der Waals surface area contributed by atoms with E-state index < -0.39 is 11.8 Å². The Hall–Kier alpha value is -3.57. The van der Waals surface area contributed by atoms with Gasteiger partial charge >= 0.3 is 0 Å². The molecule has 4 rings (SSSR count). The van der Waals surface area contributed by atoms with E-state index in [9.17, 15) is 19.7 Å². The fraction of sp³-hybridized carbons (Fsp3) is 0.318. The first-order chi connectivity index (χ1) is 15.7. The van der Waals surface area contributed by atoms with Gasteiger partial charge in [0.25, 0.3) is 17.5 Å². The van der Waals surface area contributed by atoms with Crippen LogP contribution in [-0.2, 0) is 14.3 Å². The van der Waals surface area contributed by atoms with E-state index in [0.717, 1.165) is 11.4 Å². The Morgan fingerprint density at radius 1 is 1.18 bits per heavy atom. The second-order valence-electron chi connectivity index (χ2n) is 7.87.